The van der Waals surface area contributed by atoms with E-state index in [1.165, 1.54) is 109 Å². The summed E-state index contributed by atoms with van der Waals surface area (Å²) in [6.45, 7) is 4.74. The van der Waals surface area contributed by atoms with Crippen molar-refractivity contribution in [2.24, 2.45) is 0 Å². The molecule has 0 aliphatic heterocycles. The van der Waals surface area contributed by atoms with Gasteiger partial charge in [-0.3, -0.25) is 13.8 Å². The Hall–Kier alpha value is -1.80. The van der Waals surface area contributed by atoms with Crippen molar-refractivity contribution in [2.45, 2.75) is 212 Å². The number of unbranched alkanes of at least 4 members (excludes halogenated alkanes) is 22. The van der Waals surface area contributed by atoms with E-state index >= 15 is 0 Å². The van der Waals surface area contributed by atoms with E-state index in [1.54, 1.807) is 6.08 Å². The average Bonchev–Trinajstić information content (AvgIpc) is 3.19. The number of carbonyl (C=O) groups excluding carboxylic acids is 1. The van der Waals surface area contributed by atoms with Crippen LogP contribution in [0.15, 0.2) is 60.8 Å². The summed E-state index contributed by atoms with van der Waals surface area (Å²) in [5, 5.41) is 13.8. The van der Waals surface area contributed by atoms with Crippen molar-refractivity contribution in [2.75, 3.05) is 40.9 Å². The Labute approximate surface area is 364 Å². The van der Waals surface area contributed by atoms with Crippen LogP contribution < -0.4 is 5.32 Å². The van der Waals surface area contributed by atoms with E-state index in [9.17, 15) is 19.4 Å². The first kappa shape index (κ1) is 57.2. The molecule has 0 aromatic rings. The highest BCUT2D eigenvalue weighted by Gasteiger charge is 2.27. The number of hydrogen-bond acceptors (Lipinski definition) is 5. The highest BCUT2D eigenvalue weighted by Crippen LogP contribution is 2.43. The fourth-order valence-electron chi connectivity index (χ4n) is 6.57. The molecule has 0 fully saturated rings. The molecular formula is C50H94N2O6P+. The van der Waals surface area contributed by atoms with Gasteiger partial charge in [-0.25, -0.2) is 4.57 Å². The van der Waals surface area contributed by atoms with Crippen LogP contribution in [-0.2, 0) is 18.4 Å². The molecule has 9 heteroatoms. The van der Waals surface area contributed by atoms with E-state index in [2.05, 4.69) is 67.8 Å². The lowest BCUT2D eigenvalue weighted by Crippen LogP contribution is -2.45. The van der Waals surface area contributed by atoms with Gasteiger partial charge in [-0.15, -0.1) is 0 Å². The first-order chi connectivity index (χ1) is 28.5. The summed E-state index contributed by atoms with van der Waals surface area (Å²) in [6, 6.07) is -0.878. The minimum Gasteiger partial charge on any atom is -0.387 e. The second-order valence-electron chi connectivity index (χ2n) is 17.5. The number of phosphoric ester groups is 1. The van der Waals surface area contributed by atoms with Gasteiger partial charge in [-0.1, -0.05) is 177 Å². The third-order valence-corrected chi connectivity index (χ3v) is 11.4. The average molecular weight is 850 g/mol. The Balaban J connectivity index is 4.46. The first-order valence-electron chi connectivity index (χ1n) is 24.2. The zero-order valence-corrected chi connectivity index (χ0v) is 39.9. The Kier molecular flexibility index (Phi) is 40.3. The number of phosphoric acid groups is 1. The third kappa shape index (κ3) is 44.1. The van der Waals surface area contributed by atoms with Gasteiger partial charge in [-0.05, 0) is 77.0 Å². The van der Waals surface area contributed by atoms with Gasteiger partial charge in [0.15, 0.2) is 0 Å². The molecule has 0 saturated heterocycles. The van der Waals surface area contributed by atoms with Crippen LogP contribution in [-0.4, -0.2) is 73.4 Å². The van der Waals surface area contributed by atoms with Gasteiger partial charge in [0.1, 0.15) is 13.2 Å². The predicted molar refractivity (Wildman–Crippen MR) is 254 cm³/mol. The number of amides is 1. The molecular weight excluding hydrogens is 756 g/mol. The number of aliphatic hydroxyl groups excluding tert-OH is 1. The molecule has 59 heavy (non-hydrogen) atoms. The Morgan fingerprint density at radius 3 is 1.49 bits per heavy atom. The van der Waals surface area contributed by atoms with Crippen molar-refractivity contribution in [1.29, 1.82) is 0 Å². The molecule has 0 radical (unpaired) electrons. The van der Waals surface area contributed by atoms with Crippen LogP contribution in [0.3, 0.4) is 0 Å². The summed E-state index contributed by atoms with van der Waals surface area (Å²) in [7, 11) is 1.53. The molecule has 0 rings (SSSR count). The van der Waals surface area contributed by atoms with Crippen molar-refractivity contribution < 1.29 is 32.9 Å². The molecule has 0 saturated carbocycles. The van der Waals surface area contributed by atoms with Gasteiger partial charge in [-0.2, -0.15) is 0 Å². The lowest BCUT2D eigenvalue weighted by molar-refractivity contribution is -0.870. The fourth-order valence-corrected chi connectivity index (χ4v) is 7.31. The molecule has 0 aliphatic carbocycles. The molecule has 0 aromatic heterocycles. The number of aliphatic hydroxyl groups is 1. The maximum absolute atomic E-state index is 12.9. The van der Waals surface area contributed by atoms with E-state index in [0.29, 0.717) is 17.4 Å². The molecule has 0 aliphatic rings. The minimum absolute atomic E-state index is 0.0485. The van der Waals surface area contributed by atoms with Gasteiger partial charge in [0.2, 0.25) is 5.91 Å². The maximum Gasteiger partial charge on any atom is 0.472 e. The molecule has 8 nitrogen and oxygen atoms in total. The number of nitrogens with zero attached hydrogens (tertiary/aromatic N) is 1. The molecule has 0 bridgehead atoms. The van der Waals surface area contributed by atoms with Crippen molar-refractivity contribution in [3.8, 4) is 0 Å². The number of carbonyl (C=O) groups is 1. The van der Waals surface area contributed by atoms with Crippen molar-refractivity contribution in [3.05, 3.63) is 60.8 Å². The Morgan fingerprint density at radius 1 is 0.576 bits per heavy atom. The van der Waals surface area contributed by atoms with Gasteiger partial charge in [0.25, 0.3) is 0 Å². The zero-order chi connectivity index (χ0) is 43.6. The summed E-state index contributed by atoms with van der Waals surface area (Å²) < 4.78 is 23.6. The number of hydrogen-bond donors (Lipinski definition) is 3. The van der Waals surface area contributed by atoms with Gasteiger partial charge >= 0.3 is 7.82 Å². The van der Waals surface area contributed by atoms with Gasteiger partial charge < -0.3 is 19.8 Å². The number of rotatable bonds is 43. The van der Waals surface area contributed by atoms with Crippen LogP contribution in [0, 0.1) is 0 Å². The molecule has 3 atom stereocenters. The Bertz CT molecular complexity index is 1140. The molecule has 344 valence electrons. The topological polar surface area (TPSA) is 105 Å². The second kappa shape index (κ2) is 41.5. The summed E-state index contributed by atoms with van der Waals surface area (Å²) in [5.41, 5.74) is 0. The molecule has 3 unspecified atom stereocenters. The number of allylic oxidation sites excluding steroid dienone is 9. The monoisotopic (exact) mass is 850 g/mol. The summed E-state index contributed by atoms with van der Waals surface area (Å²) in [6.07, 6.45) is 54.4. The fraction of sp³-hybridized carbons (Fsp3) is 0.780. The van der Waals surface area contributed by atoms with Crippen LogP contribution in [0.1, 0.15) is 200 Å². The summed E-state index contributed by atoms with van der Waals surface area (Å²) >= 11 is 0. The third-order valence-electron chi connectivity index (χ3n) is 10.4. The lowest BCUT2D eigenvalue weighted by Gasteiger charge is -2.25. The first-order valence-corrected chi connectivity index (χ1v) is 25.7. The highest BCUT2D eigenvalue weighted by molar-refractivity contribution is 7.47. The molecule has 0 aromatic carbocycles. The van der Waals surface area contributed by atoms with Gasteiger partial charge in [0.05, 0.1) is 39.9 Å². The van der Waals surface area contributed by atoms with Gasteiger partial charge in [0, 0.05) is 6.42 Å². The molecule has 0 spiro atoms. The number of likely N-dealkylation sites (N-methyl/N-ethyl adjacent to an activating group) is 1. The van der Waals surface area contributed by atoms with E-state index < -0.39 is 20.0 Å². The van der Waals surface area contributed by atoms with Crippen molar-refractivity contribution in [3.63, 3.8) is 0 Å². The zero-order valence-electron chi connectivity index (χ0n) is 39.0. The van der Waals surface area contributed by atoms with E-state index in [1.807, 2.05) is 27.2 Å². The smallest absolute Gasteiger partial charge is 0.387 e. The predicted octanol–water partition coefficient (Wildman–Crippen LogP) is 13.8. The van der Waals surface area contributed by atoms with E-state index in [0.717, 1.165) is 70.6 Å². The quantitative estimate of drug-likeness (QED) is 0.0244. The molecule has 0 heterocycles. The highest BCUT2D eigenvalue weighted by atomic mass is 31.2. The van der Waals surface area contributed by atoms with Crippen molar-refractivity contribution in [1.82, 2.24) is 5.32 Å². The minimum atomic E-state index is -4.36. The van der Waals surface area contributed by atoms with Crippen LogP contribution in [0.25, 0.3) is 0 Å². The van der Waals surface area contributed by atoms with E-state index in [4.69, 9.17) is 9.05 Å². The van der Waals surface area contributed by atoms with Crippen LogP contribution in [0.4, 0.5) is 0 Å². The lowest BCUT2D eigenvalue weighted by atomic mass is 10.0. The molecule has 3 N–H and O–H groups in total. The van der Waals surface area contributed by atoms with Crippen LogP contribution in [0.2, 0.25) is 0 Å². The number of nitrogens with one attached hydrogen (secondary N) is 1. The summed E-state index contributed by atoms with van der Waals surface area (Å²) in [4.78, 5) is 23.1. The van der Waals surface area contributed by atoms with Crippen LogP contribution >= 0.6 is 7.82 Å². The normalized spacial score (nSPS) is 14.8. The second-order valence-corrected chi connectivity index (χ2v) is 18.9. The molecule has 1 amide bonds. The standard InChI is InChI=1S/C50H93N2O6P/c1-6-8-10-12-14-16-18-20-22-23-24-25-26-27-28-30-31-33-35-37-39-41-43-49(53)48(47-58-59(55,56)57-46-45-52(3,4)5)51-50(54)44-42-40-38-36-34-32-29-21-19-17-15-13-11-9-7-2/h15,17,21,27-29,33,35,41,43,48-49,53H,6-14,16,18-20,22-26,30-32,34,36-40,42,44-47H2,1-5H3,(H-,51,54,55,56)/p+1/b17-15-,28-27+,29-21-,35-33+,43-41+. The SMILES string of the molecule is CCCCC/C=C\C/C=C\CCCCCCCC(=O)NC(COP(=O)(O)OCC[N+](C)(C)C)C(O)/C=C/CC/C=C/CC/C=C/CCCCCCCCCCCCCC. The van der Waals surface area contributed by atoms with Crippen LogP contribution in [0.5, 0.6) is 0 Å². The summed E-state index contributed by atoms with van der Waals surface area (Å²) in [5.74, 6) is -0.207. The largest absolute Gasteiger partial charge is 0.472 e. The number of quaternary nitrogens is 1. The Morgan fingerprint density at radius 2 is 0.983 bits per heavy atom. The maximum atomic E-state index is 12.9. The van der Waals surface area contributed by atoms with Crippen molar-refractivity contribution >= 4 is 13.7 Å². The van der Waals surface area contributed by atoms with E-state index in [-0.39, 0.29) is 19.1 Å².